The summed E-state index contributed by atoms with van der Waals surface area (Å²) in [6, 6.07) is 5.79. The first kappa shape index (κ1) is 11.1. The minimum absolute atomic E-state index is 0.0515. The highest BCUT2D eigenvalue weighted by Crippen LogP contribution is 2.14. The van der Waals surface area contributed by atoms with Gasteiger partial charge in [-0.2, -0.15) is 4.98 Å². The molecule has 0 aliphatic carbocycles. The maximum Gasteiger partial charge on any atom is 0.293 e. The number of H-pyrrole nitrogens is 1. The van der Waals surface area contributed by atoms with Crippen molar-refractivity contribution in [2.45, 2.75) is 13.8 Å². The number of nitrogens with zero attached hydrogens (tertiary/aromatic N) is 2. The molecule has 17 heavy (non-hydrogen) atoms. The average Bonchev–Trinajstić information content (AvgIpc) is 2.63. The fraction of sp³-hybridized carbons (Fsp3) is 0.182. The van der Waals surface area contributed by atoms with Crippen LogP contribution in [0, 0.1) is 13.8 Å². The van der Waals surface area contributed by atoms with Gasteiger partial charge in [0.1, 0.15) is 0 Å². The van der Waals surface area contributed by atoms with E-state index in [1.54, 1.807) is 0 Å². The molecule has 0 fully saturated rings. The van der Waals surface area contributed by atoms with E-state index in [1.807, 2.05) is 32.0 Å². The fourth-order valence-corrected chi connectivity index (χ4v) is 1.61. The van der Waals surface area contributed by atoms with Gasteiger partial charge in [-0.25, -0.2) is 0 Å². The number of aryl methyl sites for hydroxylation is 2. The second-order valence-corrected chi connectivity index (χ2v) is 3.87. The van der Waals surface area contributed by atoms with Crippen molar-refractivity contribution in [2.75, 3.05) is 11.1 Å². The van der Waals surface area contributed by atoms with Crippen LogP contribution in [-0.4, -0.2) is 21.1 Å². The summed E-state index contributed by atoms with van der Waals surface area (Å²) in [5.74, 6) is -0.212. The zero-order chi connectivity index (χ0) is 12.4. The maximum atomic E-state index is 11.7. The van der Waals surface area contributed by atoms with Crippen LogP contribution >= 0.6 is 0 Å². The number of benzene rings is 1. The minimum atomic E-state index is -0.362. The number of hydrogen-bond acceptors (Lipinski definition) is 4. The van der Waals surface area contributed by atoms with Crippen molar-refractivity contribution in [2.24, 2.45) is 0 Å². The number of anilines is 2. The third-order valence-corrected chi connectivity index (χ3v) is 2.20. The van der Waals surface area contributed by atoms with E-state index in [0.717, 1.165) is 16.8 Å². The van der Waals surface area contributed by atoms with Crippen LogP contribution in [-0.2, 0) is 0 Å². The quantitative estimate of drug-likeness (QED) is 0.724. The predicted octanol–water partition coefficient (Wildman–Crippen LogP) is 1.26. The lowest BCUT2D eigenvalue weighted by Crippen LogP contribution is -2.14. The Hall–Kier alpha value is -2.37. The lowest BCUT2D eigenvalue weighted by Gasteiger charge is -2.05. The molecule has 2 rings (SSSR count). The van der Waals surface area contributed by atoms with Gasteiger partial charge in [0.15, 0.2) is 0 Å². The number of hydrogen-bond donors (Lipinski definition) is 3. The Morgan fingerprint density at radius 2 is 1.94 bits per heavy atom. The van der Waals surface area contributed by atoms with E-state index in [9.17, 15) is 4.79 Å². The zero-order valence-electron chi connectivity index (χ0n) is 9.61. The van der Waals surface area contributed by atoms with Gasteiger partial charge < -0.3 is 11.1 Å². The fourth-order valence-electron chi connectivity index (χ4n) is 1.61. The van der Waals surface area contributed by atoms with Gasteiger partial charge in [0.25, 0.3) is 5.91 Å². The molecule has 0 aliphatic heterocycles. The molecule has 1 heterocycles. The first-order valence-electron chi connectivity index (χ1n) is 5.12. The molecule has 0 saturated heterocycles. The third-order valence-electron chi connectivity index (χ3n) is 2.20. The average molecular weight is 231 g/mol. The van der Waals surface area contributed by atoms with Crippen molar-refractivity contribution < 1.29 is 4.79 Å². The Bertz CT molecular complexity index is 540. The molecular weight excluding hydrogens is 218 g/mol. The van der Waals surface area contributed by atoms with E-state index in [-0.39, 0.29) is 17.7 Å². The van der Waals surface area contributed by atoms with Crippen LogP contribution in [0.1, 0.15) is 21.7 Å². The molecule has 0 aliphatic rings. The number of amides is 1. The number of nitrogens with one attached hydrogen (secondary N) is 2. The van der Waals surface area contributed by atoms with Gasteiger partial charge in [0.05, 0.1) is 0 Å². The second-order valence-electron chi connectivity index (χ2n) is 3.87. The summed E-state index contributed by atoms with van der Waals surface area (Å²) in [5, 5.41) is 8.78. The largest absolute Gasteiger partial charge is 0.366 e. The van der Waals surface area contributed by atoms with E-state index in [1.165, 1.54) is 0 Å². The van der Waals surface area contributed by atoms with Gasteiger partial charge >= 0.3 is 0 Å². The smallest absolute Gasteiger partial charge is 0.293 e. The summed E-state index contributed by atoms with van der Waals surface area (Å²) in [5.41, 5.74) is 8.21. The molecular formula is C11H13N5O. The molecule has 0 unspecified atom stereocenters. The Morgan fingerprint density at radius 1 is 1.29 bits per heavy atom. The number of nitrogens with two attached hydrogens (primary N) is 1. The highest BCUT2D eigenvalue weighted by atomic mass is 16.2. The normalized spacial score (nSPS) is 10.2. The molecule has 0 bridgehead atoms. The summed E-state index contributed by atoms with van der Waals surface area (Å²) in [4.78, 5) is 15.5. The SMILES string of the molecule is Cc1cc(C)cc(NC(=O)c2nc(N)n[nH]2)c1. The van der Waals surface area contributed by atoms with Crippen molar-refractivity contribution in [1.29, 1.82) is 0 Å². The second kappa shape index (κ2) is 4.25. The molecule has 88 valence electrons. The standard InChI is InChI=1S/C11H13N5O/c1-6-3-7(2)5-8(4-6)13-10(17)9-14-11(12)16-15-9/h3-5H,1-2H3,(H,13,17)(H3,12,14,15,16). The Labute approximate surface area is 98.3 Å². The van der Waals surface area contributed by atoms with Crippen LogP contribution in [0.3, 0.4) is 0 Å². The summed E-state index contributed by atoms with van der Waals surface area (Å²) in [7, 11) is 0. The highest BCUT2D eigenvalue weighted by molar-refractivity contribution is 6.01. The first-order valence-corrected chi connectivity index (χ1v) is 5.12. The number of carbonyl (C=O) groups excluding carboxylic acids is 1. The molecule has 1 amide bonds. The number of carbonyl (C=O) groups is 1. The van der Waals surface area contributed by atoms with Crippen molar-refractivity contribution in [1.82, 2.24) is 15.2 Å². The molecule has 0 atom stereocenters. The first-order chi connectivity index (χ1) is 8.04. The number of nitrogen functional groups attached to an aromatic ring is 1. The summed E-state index contributed by atoms with van der Waals surface area (Å²) in [6.07, 6.45) is 0. The minimum Gasteiger partial charge on any atom is -0.366 e. The monoisotopic (exact) mass is 231 g/mol. The van der Waals surface area contributed by atoms with Crippen molar-refractivity contribution >= 4 is 17.5 Å². The summed E-state index contributed by atoms with van der Waals surface area (Å²) < 4.78 is 0. The molecule has 0 radical (unpaired) electrons. The van der Waals surface area contributed by atoms with Gasteiger partial charge in [-0.05, 0) is 37.1 Å². The number of aromatic amines is 1. The van der Waals surface area contributed by atoms with Crippen molar-refractivity contribution in [3.8, 4) is 0 Å². The molecule has 1 aromatic carbocycles. The summed E-state index contributed by atoms with van der Waals surface area (Å²) in [6.45, 7) is 3.93. The summed E-state index contributed by atoms with van der Waals surface area (Å²) >= 11 is 0. The van der Waals surface area contributed by atoms with Crippen molar-refractivity contribution in [3.05, 3.63) is 35.2 Å². The van der Waals surface area contributed by atoms with Crippen molar-refractivity contribution in [3.63, 3.8) is 0 Å². The van der Waals surface area contributed by atoms with E-state index in [2.05, 4.69) is 20.5 Å². The Balaban J connectivity index is 2.18. The zero-order valence-corrected chi connectivity index (χ0v) is 9.61. The number of aromatic nitrogens is 3. The Morgan fingerprint density at radius 3 is 2.47 bits per heavy atom. The highest BCUT2D eigenvalue weighted by Gasteiger charge is 2.10. The van der Waals surface area contributed by atoms with Gasteiger partial charge in [-0.3, -0.25) is 9.89 Å². The van der Waals surface area contributed by atoms with E-state index in [4.69, 9.17) is 5.73 Å². The van der Waals surface area contributed by atoms with Crippen LogP contribution in [0.4, 0.5) is 11.6 Å². The van der Waals surface area contributed by atoms with E-state index < -0.39 is 0 Å². The molecule has 1 aromatic heterocycles. The molecule has 6 heteroatoms. The third kappa shape index (κ3) is 2.60. The maximum absolute atomic E-state index is 11.7. The lowest BCUT2D eigenvalue weighted by molar-refractivity contribution is 0.101. The topological polar surface area (TPSA) is 96.7 Å². The van der Waals surface area contributed by atoms with Crippen LogP contribution < -0.4 is 11.1 Å². The van der Waals surface area contributed by atoms with E-state index >= 15 is 0 Å². The van der Waals surface area contributed by atoms with Crippen LogP contribution in [0.15, 0.2) is 18.2 Å². The molecule has 2 aromatic rings. The Kier molecular flexibility index (Phi) is 2.78. The van der Waals surface area contributed by atoms with Gasteiger partial charge in [-0.1, -0.05) is 6.07 Å². The predicted molar refractivity (Wildman–Crippen MR) is 64.7 cm³/mol. The molecule has 6 nitrogen and oxygen atoms in total. The van der Waals surface area contributed by atoms with E-state index in [0.29, 0.717) is 0 Å². The lowest BCUT2D eigenvalue weighted by atomic mass is 10.1. The van der Waals surface area contributed by atoms with Crippen LogP contribution in [0.2, 0.25) is 0 Å². The van der Waals surface area contributed by atoms with Crippen LogP contribution in [0.5, 0.6) is 0 Å². The van der Waals surface area contributed by atoms with Gasteiger partial charge in [0.2, 0.25) is 11.8 Å². The molecule has 4 N–H and O–H groups in total. The number of rotatable bonds is 2. The van der Waals surface area contributed by atoms with Gasteiger partial charge in [0, 0.05) is 5.69 Å². The van der Waals surface area contributed by atoms with Crippen LogP contribution in [0.25, 0.3) is 0 Å². The van der Waals surface area contributed by atoms with Gasteiger partial charge in [-0.15, -0.1) is 5.10 Å². The molecule has 0 spiro atoms. The molecule has 0 saturated carbocycles.